The summed E-state index contributed by atoms with van der Waals surface area (Å²) in [5, 5.41) is 0. The van der Waals surface area contributed by atoms with Crippen molar-refractivity contribution in [3.05, 3.63) is 23.7 Å². The first-order valence-corrected chi connectivity index (χ1v) is 3.63. The lowest BCUT2D eigenvalue weighted by Crippen LogP contribution is -2.01. The lowest BCUT2D eigenvalue weighted by molar-refractivity contribution is 0.163. The first kappa shape index (κ1) is 8.30. The van der Waals surface area contributed by atoms with Crippen molar-refractivity contribution in [2.75, 3.05) is 13.7 Å². The molecule has 1 heterocycles. The van der Waals surface area contributed by atoms with E-state index in [1.807, 2.05) is 12.1 Å². The first-order valence-electron chi connectivity index (χ1n) is 3.63. The first-order chi connectivity index (χ1) is 5.36. The smallest absolute Gasteiger partial charge is 0.129 e. The Hall–Kier alpha value is -0.800. The second kappa shape index (κ2) is 4.16. The van der Waals surface area contributed by atoms with Crippen LogP contribution in [0.15, 0.2) is 16.5 Å². The van der Waals surface area contributed by atoms with E-state index in [1.165, 1.54) is 0 Å². The van der Waals surface area contributed by atoms with Crippen LogP contribution in [0.25, 0.3) is 0 Å². The van der Waals surface area contributed by atoms with Gasteiger partial charge in [-0.05, 0) is 18.7 Å². The molecule has 0 fully saturated rings. The molecule has 1 aromatic heterocycles. The largest absolute Gasteiger partial charge is 0.464 e. The van der Waals surface area contributed by atoms with Gasteiger partial charge in [-0.2, -0.15) is 0 Å². The number of hydrogen-bond donors (Lipinski definition) is 1. The molecule has 2 N–H and O–H groups in total. The zero-order chi connectivity index (χ0) is 8.10. The van der Waals surface area contributed by atoms with Crippen LogP contribution in [0.1, 0.15) is 11.5 Å². The average Bonchev–Trinajstić information content (AvgIpc) is 2.38. The van der Waals surface area contributed by atoms with Crippen LogP contribution in [0.2, 0.25) is 0 Å². The van der Waals surface area contributed by atoms with Gasteiger partial charge in [-0.1, -0.05) is 0 Å². The lowest BCUT2D eigenvalue weighted by atomic mass is 10.3. The minimum atomic E-state index is 0.532. The van der Waals surface area contributed by atoms with Crippen LogP contribution in [0.4, 0.5) is 0 Å². The third-order valence-electron chi connectivity index (χ3n) is 1.39. The molecule has 0 atom stereocenters. The molecule has 0 aliphatic rings. The fourth-order valence-corrected chi connectivity index (χ4v) is 0.919. The minimum Gasteiger partial charge on any atom is -0.464 e. The Balaban J connectivity index is 2.51. The third-order valence-corrected chi connectivity index (χ3v) is 1.39. The van der Waals surface area contributed by atoms with Crippen molar-refractivity contribution in [1.29, 1.82) is 0 Å². The van der Waals surface area contributed by atoms with Crippen LogP contribution in [0.5, 0.6) is 0 Å². The molecule has 1 aromatic rings. The summed E-state index contributed by atoms with van der Waals surface area (Å²) in [5.41, 5.74) is 5.35. The van der Waals surface area contributed by atoms with E-state index in [4.69, 9.17) is 14.9 Å². The molecule has 0 saturated heterocycles. The molecule has 0 aliphatic heterocycles. The standard InChI is InChI=1S/C8H13NO2/c1-10-6-8-3-2-7(11-8)4-5-9/h2-3H,4-6,9H2,1H3. The van der Waals surface area contributed by atoms with Crippen LogP contribution >= 0.6 is 0 Å². The summed E-state index contributed by atoms with van der Waals surface area (Å²) < 4.78 is 10.3. The Kier molecular flexibility index (Phi) is 3.14. The molecule has 62 valence electrons. The second-order valence-corrected chi connectivity index (χ2v) is 2.34. The molecular formula is C8H13NO2. The van der Waals surface area contributed by atoms with E-state index >= 15 is 0 Å². The average molecular weight is 155 g/mol. The summed E-state index contributed by atoms with van der Waals surface area (Å²) in [6.45, 7) is 1.16. The normalized spacial score (nSPS) is 10.4. The molecule has 0 unspecified atom stereocenters. The maximum Gasteiger partial charge on any atom is 0.129 e. The maximum absolute atomic E-state index is 5.36. The van der Waals surface area contributed by atoms with Crippen LogP contribution in [-0.4, -0.2) is 13.7 Å². The second-order valence-electron chi connectivity index (χ2n) is 2.34. The third kappa shape index (κ3) is 2.37. The Labute approximate surface area is 66.1 Å². The van der Waals surface area contributed by atoms with Gasteiger partial charge in [0.25, 0.3) is 0 Å². The van der Waals surface area contributed by atoms with Crippen LogP contribution in [0, 0.1) is 0 Å². The maximum atomic E-state index is 5.36. The molecule has 0 aromatic carbocycles. The minimum absolute atomic E-state index is 0.532. The molecule has 0 radical (unpaired) electrons. The number of hydrogen-bond acceptors (Lipinski definition) is 3. The van der Waals surface area contributed by atoms with Gasteiger partial charge in [-0.15, -0.1) is 0 Å². The van der Waals surface area contributed by atoms with E-state index in [2.05, 4.69) is 0 Å². The molecule has 0 amide bonds. The van der Waals surface area contributed by atoms with Crippen molar-refractivity contribution < 1.29 is 9.15 Å². The molecule has 0 saturated carbocycles. The topological polar surface area (TPSA) is 48.4 Å². The Morgan fingerprint density at radius 3 is 2.82 bits per heavy atom. The highest BCUT2D eigenvalue weighted by Gasteiger charge is 1.99. The van der Waals surface area contributed by atoms with Crippen molar-refractivity contribution in [3.63, 3.8) is 0 Å². The number of furan rings is 1. The monoisotopic (exact) mass is 155 g/mol. The Morgan fingerprint density at radius 2 is 2.18 bits per heavy atom. The van der Waals surface area contributed by atoms with E-state index in [-0.39, 0.29) is 0 Å². The molecule has 3 heteroatoms. The van der Waals surface area contributed by atoms with E-state index in [0.717, 1.165) is 17.9 Å². The summed E-state index contributed by atoms with van der Waals surface area (Å²) in [6, 6.07) is 3.84. The summed E-state index contributed by atoms with van der Waals surface area (Å²) in [4.78, 5) is 0. The van der Waals surface area contributed by atoms with Crippen LogP contribution in [0.3, 0.4) is 0 Å². The van der Waals surface area contributed by atoms with Crippen molar-refractivity contribution in [1.82, 2.24) is 0 Å². The van der Waals surface area contributed by atoms with Crippen molar-refractivity contribution in [2.45, 2.75) is 13.0 Å². The van der Waals surface area contributed by atoms with E-state index in [0.29, 0.717) is 13.2 Å². The van der Waals surface area contributed by atoms with Gasteiger partial charge < -0.3 is 14.9 Å². The molecule has 0 spiro atoms. The predicted molar refractivity (Wildman–Crippen MR) is 42.2 cm³/mol. The molecule has 1 rings (SSSR count). The summed E-state index contributed by atoms with van der Waals surface area (Å²) in [5.74, 6) is 1.79. The van der Waals surface area contributed by atoms with Crippen LogP contribution < -0.4 is 5.73 Å². The Bertz CT molecular complexity index is 187. The molecule has 11 heavy (non-hydrogen) atoms. The fraction of sp³-hybridized carbons (Fsp3) is 0.500. The van der Waals surface area contributed by atoms with E-state index < -0.39 is 0 Å². The van der Waals surface area contributed by atoms with Crippen molar-refractivity contribution in [2.24, 2.45) is 5.73 Å². The quantitative estimate of drug-likeness (QED) is 0.703. The van der Waals surface area contributed by atoms with Gasteiger partial charge in [-0.25, -0.2) is 0 Å². The van der Waals surface area contributed by atoms with Gasteiger partial charge in [-0.3, -0.25) is 0 Å². The SMILES string of the molecule is COCc1ccc(CCN)o1. The number of rotatable bonds is 4. The molecule has 0 bridgehead atoms. The van der Waals surface area contributed by atoms with E-state index in [1.54, 1.807) is 7.11 Å². The summed E-state index contributed by atoms with van der Waals surface area (Å²) in [7, 11) is 1.64. The zero-order valence-corrected chi connectivity index (χ0v) is 6.67. The molecular weight excluding hydrogens is 142 g/mol. The fourth-order valence-electron chi connectivity index (χ4n) is 0.919. The summed E-state index contributed by atoms with van der Waals surface area (Å²) in [6.07, 6.45) is 0.795. The van der Waals surface area contributed by atoms with Gasteiger partial charge >= 0.3 is 0 Å². The number of ether oxygens (including phenoxy) is 1. The van der Waals surface area contributed by atoms with Crippen LogP contribution in [-0.2, 0) is 17.8 Å². The van der Waals surface area contributed by atoms with Crippen molar-refractivity contribution >= 4 is 0 Å². The zero-order valence-electron chi connectivity index (χ0n) is 6.67. The predicted octanol–water partition coefficient (Wildman–Crippen LogP) is 0.927. The molecule has 3 nitrogen and oxygen atoms in total. The van der Waals surface area contributed by atoms with E-state index in [9.17, 15) is 0 Å². The van der Waals surface area contributed by atoms with Gasteiger partial charge in [0.1, 0.15) is 18.1 Å². The van der Waals surface area contributed by atoms with Gasteiger partial charge in [0.2, 0.25) is 0 Å². The molecule has 0 aliphatic carbocycles. The lowest BCUT2D eigenvalue weighted by Gasteiger charge is -1.93. The number of methoxy groups -OCH3 is 1. The highest BCUT2D eigenvalue weighted by Crippen LogP contribution is 2.08. The Morgan fingerprint density at radius 1 is 1.45 bits per heavy atom. The highest BCUT2D eigenvalue weighted by atomic mass is 16.5. The van der Waals surface area contributed by atoms with Gasteiger partial charge in [0.05, 0.1) is 0 Å². The number of nitrogens with two attached hydrogens (primary N) is 1. The summed E-state index contributed by atoms with van der Waals surface area (Å²) >= 11 is 0. The highest BCUT2D eigenvalue weighted by molar-refractivity contribution is 5.06. The van der Waals surface area contributed by atoms with Crippen molar-refractivity contribution in [3.8, 4) is 0 Å². The van der Waals surface area contributed by atoms with Gasteiger partial charge in [0, 0.05) is 13.5 Å². The van der Waals surface area contributed by atoms with Gasteiger partial charge in [0.15, 0.2) is 0 Å².